The zero-order valence-electron chi connectivity index (χ0n) is 7.94. The highest BCUT2D eigenvalue weighted by Gasteiger charge is 2.23. The Labute approximate surface area is 85.9 Å². The van der Waals surface area contributed by atoms with E-state index in [0.29, 0.717) is 12.5 Å². The van der Waals surface area contributed by atoms with Gasteiger partial charge in [-0.25, -0.2) is 10.8 Å². The first-order valence-corrected chi connectivity index (χ1v) is 4.57. The maximum absolute atomic E-state index is 5.83. The molecule has 2 aromatic heterocycles. The zero-order valence-corrected chi connectivity index (χ0v) is 7.94. The number of nitrogens with zero attached hydrogens (tertiary/aromatic N) is 3. The Bertz CT molecular complexity index is 537. The van der Waals surface area contributed by atoms with Crippen LogP contribution in [0.4, 0.5) is 17.2 Å². The van der Waals surface area contributed by atoms with Crippen molar-refractivity contribution in [2.24, 2.45) is 5.84 Å². The molecule has 6 heteroatoms. The molecular weight excluding hydrogens is 192 g/mol. The minimum absolute atomic E-state index is 0.429. The van der Waals surface area contributed by atoms with E-state index in [0.717, 1.165) is 22.4 Å². The molecule has 0 saturated heterocycles. The van der Waals surface area contributed by atoms with Crippen molar-refractivity contribution in [1.29, 1.82) is 0 Å². The van der Waals surface area contributed by atoms with Gasteiger partial charge in [-0.2, -0.15) is 0 Å². The van der Waals surface area contributed by atoms with Crippen LogP contribution in [0.2, 0.25) is 0 Å². The first-order chi connectivity index (χ1) is 7.27. The number of nitrogens with one attached hydrogen (secondary N) is 1. The Balaban J connectivity index is 2.43. The number of anilines is 3. The predicted octanol–water partition coefficient (Wildman–Crippen LogP) is 0.275. The lowest BCUT2D eigenvalue weighted by Crippen LogP contribution is -2.30. The van der Waals surface area contributed by atoms with Gasteiger partial charge < -0.3 is 11.1 Å². The summed E-state index contributed by atoms with van der Waals surface area (Å²) in [6, 6.07) is 3.70. The molecule has 5 N–H and O–H groups in total. The summed E-state index contributed by atoms with van der Waals surface area (Å²) < 4.78 is 0. The highest BCUT2D eigenvalue weighted by Crippen LogP contribution is 2.38. The number of fused-ring (bicyclic) bond motifs is 3. The minimum Gasteiger partial charge on any atom is -0.382 e. The maximum Gasteiger partial charge on any atom is 0.151 e. The normalized spacial score (nSPS) is 14.1. The van der Waals surface area contributed by atoms with Gasteiger partial charge >= 0.3 is 0 Å². The largest absolute Gasteiger partial charge is 0.382 e. The average molecular weight is 202 g/mol. The summed E-state index contributed by atoms with van der Waals surface area (Å²) in [5, 5.41) is 4.69. The van der Waals surface area contributed by atoms with Gasteiger partial charge in [0.05, 0.1) is 11.2 Å². The Kier molecular flexibility index (Phi) is 1.49. The number of hydrogen-bond acceptors (Lipinski definition) is 6. The SMILES string of the molecule is Nc1nc2cccnc2c2c1N(N)CN2. The number of pyridine rings is 2. The molecule has 0 spiro atoms. The zero-order chi connectivity index (χ0) is 10.4. The standard InChI is InChI=1S/C9H10N6/c10-9-8-7(13-4-15(8)11)6-5(14-9)2-1-3-12-6/h1-3,13H,4,11H2,(H2,10,14). The quantitative estimate of drug-likeness (QED) is 0.531. The van der Waals surface area contributed by atoms with Crippen molar-refractivity contribution in [3.63, 3.8) is 0 Å². The van der Waals surface area contributed by atoms with Gasteiger partial charge in [0, 0.05) is 6.20 Å². The predicted molar refractivity (Wildman–Crippen MR) is 59.1 cm³/mol. The molecule has 0 unspecified atom stereocenters. The first-order valence-electron chi connectivity index (χ1n) is 4.57. The van der Waals surface area contributed by atoms with Crippen LogP contribution < -0.4 is 21.9 Å². The van der Waals surface area contributed by atoms with E-state index in [1.165, 1.54) is 5.01 Å². The van der Waals surface area contributed by atoms with Gasteiger partial charge in [0.15, 0.2) is 5.82 Å². The molecule has 0 aliphatic carbocycles. The summed E-state index contributed by atoms with van der Waals surface area (Å²) in [6.45, 7) is 0.525. The summed E-state index contributed by atoms with van der Waals surface area (Å²) >= 11 is 0. The minimum atomic E-state index is 0.429. The molecule has 15 heavy (non-hydrogen) atoms. The van der Waals surface area contributed by atoms with Crippen LogP contribution in [0.3, 0.4) is 0 Å². The third-order valence-electron chi connectivity index (χ3n) is 2.46. The summed E-state index contributed by atoms with van der Waals surface area (Å²) in [5.41, 5.74) is 8.99. The van der Waals surface area contributed by atoms with E-state index in [9.17, 15) is 0 Å². The van der Waals surface area contributed by atoms with Crippen LogP contribution in [-0.4, -0.2) is 16.6 Å². The number of hydrogen-bond donors (Lipinski definition) is 3. The Hall–Kier alpha value is -2.08. The smallest absolute Gasteiger partial charge is 0.151 e. The number of nitrogens with two attached hydrogens (primary N) is 2. The van der Waals surface area contributed by atoms with Crippen molar-refractivity contribution in [2.75, 3.05) is 22.7 Å². The van der Waals surface area contributed by atoms with Crippen LogP contribution >= 0.6 is 0 Å². The highest BCUT2D eigenvalue weighted by molar-refractivity contribution is 6.01. The Morgan fingerprint density at radius 1 is 1.47 bits per heavy atom. The lowest BCUT2D eigenvalue weighted by Gasteiger charge is -2.11. The second-order valence-electron chi connectivity index (χ2n) is 3.40. The molecule has 0 saturated carbocycles. The second-order valence-corrected chi connectivity index (χ2v) is 3.40. The topological polar surface area (TPSA) is 93.1 Å². The Morgan fingerprint density at radius 2 is 2.33 bits per heavy atom. The van der Waals surface area contributed by atoms with Crippen molar-refractivity contribution in [3.05, 3.63) is 18.3 Å². The first kappa shape index (κ1) is 8.25. The van der Waals surface area contributed by atoms with E-state index in [1.54, 1.807) is 6.20 Å². The van der Waals surface area contributed by atoms with Gasteiger partial charge in [-0.15, -0.1) is 0 Å². The molecule has 3 rings (SSSR count). The van der Waals surface area contributed by atoms with Crippen molar-refractivity contribution in [3.8, 4) is 0 Å². The molecule has 0 amide bonds. The molecule has 76 valence electrons. The third-order valence-corrected chi connectivity index (χ3v) is 2.46. The molecule has 0 atom stereocenters. The molecule has 3 heterocycles. The van der Waals surface area contributed by atoms with E-state index in [-0.39, 0.29) is 0 Å². The number of rotatable bonds is 0. The van der Waals surface area contributed by atoms with Crippen LogP contribution in [0.15, 0.2) is 18.3 Å². The summed E-state index contributed by atoms with van der Waals surface area (Å²) in [6.07, 6.45) is 1.72. The summed E-state index contributed by atoms with van der Waals surface area (Å²) in [7, 11) is 0. The van der Waals surface area contributed by atoms with Crippen molar-refractivity contribution in [2.45, 2.75) is 0 Å². The van der Waals surface area contributed by atoms with E-state index in [2.05, 4.69) is 15.3 Å². The molecule has 2 aromatic rings. The van der Waals surface area contributed by atoms with E-state index in [4.69, 9.17) is 11.6 Å². The fraction of sp³-hybridized carbons (Fsp3) is 0.111. The van der Waals surface area contributed by atoms with Gasteiger partial charge in [0.2, 0.25) is 0 Å². The lowest BCUT2D eigenvalue weighted by molar-refractivity contribution is 0.944. The highest BCUT2D eigenvalue weighted by atomic mass is 15.5. The lowest BCUT2D eigenvalue weighted by atomic mass is 10.2. The summed E-state index contributed by atoms with van der Waals surface area (Å²) in [5.74, 6) is 6.19. The van der Waals surface area contributed by atoms with Crippen LogP contribution in [-0.2, 0) is 0 Å². The van der Waals surface area contributed by atoms with Crippen LogP contribution in [0.1, 0.15) is 0 Å². The van der Waals surface area contributed by atoms with Crippen LogP contribution in [0.25, 0.3) is 11.0 Å². The third kappa shape index (κ3) is 1.02. The number of aromatic nitrogens is 2. The molecule has 0 bridgehead atoms. The molecule has 0 radical (unpaired) electrons. The summed E-state index contributed by atoms with van der Waals surface area (Å²) in [4.78, 5) is 8.52. The molecule has 6 nitrogen and oxygen atoms in total. The van der Waals surface area contributed by atoms with Crippen LogP contribution in [0, 0.1) is 0 Å². The Morgan fingerprint density at radius 3 is 3.20 bits per heavy atom. The van der Waals surface area contributed by atoms with Crippen molar-refractivity contribution >= 4 is 28.2 Å². The molecular formula is C9H10N6. The molecule has 1 aliphatic heterocycles. The van der Waals surface area contributed by atoms with E-state index < -0.39 is 0 Å². The van der Waals surface area contributed by atoms with Gasteiger partial charge in [-0.1, -0.05) is 0 Å². The molecule has 1 aliphatic rings. The van der Waals surface area contributed by atoms with Gasteiger partial charge in [0.1, 0.15) is 17.9 Å². The fourth-order valence-electron chi connectivity index (χ4n) is 1.80. The van der Waals surface area contributed by atoms with Crippen LogP contribution in [0.5, 0.6) is 0 Å². The van der Waals surface area contributed by atoms with Crippen molar-refractivity contribution < 1.29 is 0 Å². The van der Waals surface area contributed by atoms with Crippen molar-refractivity contribution in [1.82, 2.24) is 9.97 Å². The second kappa shape index (κ2) is 2.71. The molecule has 0 aromatic carbocycles. The number of hydrazine groups is 1. The van der Waals surface area contributed by atoms with Gasteiger partial charge in [-0.3, -0.25) is 9.99 Å². The maximum atomic E-state index is 5.83. The number of nitrogen functional groups attached to an aromatic ring is 1. The van der Waals surface area contributed by atoms with E-state index in [1.807, 2.05) is 12.1 Å². The van der Waals surface area contributed by atoms with E-state index >= 15 is 0 Å². The molecule has 0 fully saturated rings. The fourth-order valence-corrected chi connectivity index (χ4v) is 1.80. The van der Waals surface area contributed by atoms with Gasteiger partial charge in [-0.05, 0) is 12.1 Å². The van der Waals surface area contributed by atoms with Gasteiger partial charge in [0.25, 0.3) is 0 Å². The average Bonchev–Trinajstić information content (AvgIpc) is 2.62. The monoisotopic (exact) mass is 202 g/mol.